The van der Waals surface area contributed by atoms with Crippen LogP contribution in [0.3, 0.4) is 0 Å². The molecule has 0 saturated heterocycles. The van der Waals surface area contributed by atoms with E-state index in [4.69, 9.17) is 12.2 Å². The Labute approximate surface area is 213 Å². The number of hydrogen-bond donors (Lipinski definition) is 3. The molecular formula is C29H33N3O2S. The smallest absolute Gasteiger partial charge is 0.251 e. The van der Waals surface area contributed by atoms with Crippen molar-refractivity contribution in [2.24, 2.45) is 5.92 Å². The molecule has 0 aromatic heterocycles. The van der Waals surface area contributed by atoms with E-state index >= 15 is 0 Å². The first-order valence-corrected chi connectivity index (χ1v) is 12.3. The quantitative estimate of drug-likeness (QED) is 0.341. The maximum atomic E-state index is 12.7. The predicted molar refractivity (Wildman–Crippen MR) is 147 cm³/mol. The highest BCUT2D eigenvalue weighted by molar-refractivity contribution is 7.80. The van der Waals surface area contributed by atoms with Gasteiger partial charge in [-0.25, -0.2) is 0 Å². The third kappa shape index (κ3) is 7.76. The second-order valence-electron chi connectivity index (χ2n) is 9.19. The number of anilines is 1. The van der Waals surface area contributed by atoms with Gasteiger partial charge in [-0.05, 0) is 79.4 Å². The first-order chi connectivity index (χ1) is 16.7. The molecule has 0 aliphatic heterocycles. The van der Waals surface area contributed by atoms with Crippen LogP contribution in [0.25, 0.3) is 0 Å². The van der Waals surface area contributed by atoms with Gasteiger partial charge in [-0.1, -0.05) is 68.4 Å². The van der Waals surface area contributed by atoms with Crippen molar-refractivity contribution in [1.82, 2.24) is 10.6 Å². The molecule has 5 nitrogen and oxygen atoms in total. The van der Waals surface area contributed by atoms with Crippen LogP contribution >= 0.6 is 12.2 Å². The predicted octanol–water partition coefficient (Wildman–Crippen LogP) is 5.99. The molecule has 0 bridgehead atoms. The Kier molecular flexibility index (Phi) is 9.15. The van der Waals surface area contributed by atoms with E-state index < -0.39 is 0 Å². The van der Waals surface area contributed by atoms with Crippen LogP contribution in [0.5, 0.6) is 0 Å². The summed E-state index contributed by atoms with van der Waals surface area (Å²) in [4.78, 5) is 25.3. The molecule has 6 heteroatoms. The Hall–Kier alpha value is -3.51. The monoisotopic (exact) mass is 487 g/mol. The Morgan fingerprint density at radius 2 is 1.43 bits per heavy atom. The van der Waals surface area contributed by atoms with Crippen LogP contribution in [-0.4, -0.2) is 16.9 Å². The molecule has 0 aliphatic carbocycles. The average Bonchev–Trinajstić information content (AvgIpc) is 2.84. The van der Waals surface area contributed by atoms with Crippen LogP contribution in [0.1, 0.15) is 66.7 Å². The zero-order valence-electron chi connectivity index (χ0n) is 20.7. The van der Waals surface area contributed by atoms with E-state index in [0.717, 1.165) is 17.5 Å². The minimum absolute atomic E-state index is 0.0994. The molecule has 0 spiro atoms. The zero-order valence-corrected chi connectivity index (χ0v) is 21.5. The molecule has 35 heavy (non-hydrogen) atoms. The molecule has 0 saturated carbocycles. The third-order valence-electron chi connectivity index (χ3n) is 5.81. The van der Waals surface area contributed by atoms with E-state index in [1.807, 2.05) is 56.3 Å². The highest BCUT2D eigenvalue weighted by Gasteiger charge is 2.17. The lowest BCUT2D eigenvalue weighted by Gasteiger charge is -2.16. The fourth-order valence-electron chi connectivity index (χ4n) is 3.76. The summed E-state index contributed by atoms with van der Waals surface area (Å²) >= 11 is 5.32. The molecular weight excluding hydrogens is 454 g/mol. The third-order valence-corrected chi connectivity index (χ3v) is 6.01. The molecule has 0 radical (unpaired) electrons. The number of amides is 2. The van der Waals surface area contributed by atoms with E-state index in [1.54, 1.807) is 24.3 Å². The molecule has 0 fully saturated rings. The lowest BCUT2D eigenvalue weighted by atomic mass is 9.96. The van der Waals surface area contributed by atoms with Gasteiger partial charge in [0.25, 0.3) is 5.91 Å². The molecule has 0 heterocycles. The van der Waals surface area contributed by atoms with Crippen molar-refractivity contribution < 1.29 is 9.59 Å². The van der Waals surface area contributed by atoms with Gasteiger partial charge < -0.3 is 16.0 Å². The molecule has 0 aliphatic rings. The van der Waals surface area contributed by atoms with Crippen LogP contribution < -0.4 is 16.0 Å². The number of benzene rings is 3. The van der Waals surface area contributed by atoms with Crippen molar-refractivity contribution in [2.45, 2.75) is 46.1 Å². The molecule has 2 atom stereocenters. The summed E-state index contributed by atoms with van der Waals surface area (Å²) in [6.45, 7) is 8.18. The Morgan fingerprint density at radius 3 is 2.03 bits per heavy atom. The Morgan fingerprint density at radius 1 is 0.800 bits per heavy atom. The van der Waals surface area contributed by atoms with Gasteiger partial charge in [-0.3, -0.25) is 9.59 Å². The molecule has 182 valence electrons. The van der Waals surface area contributed by atoms with Crippen LogP contribution in [-0.2, 0) is 11.2 Å². The first-order valence-electron chi connectivity index (χ1n) is 11.9. The van der Waals surface area contributed by atoms with E-state index in [-0.39, 0.29) is 28.9 Å². The number of hydrogen-bond acceptors (Lipinski definition) is 3. The van der Waals surface area contributed by atoms with Gasteiger partial charge >= 0.3 is 0 Å². The Balaban J connectivity index is 1.51. The van der Waals surface area contributed by atoms with Gasteiger partial charge in [0.05, 0.1) is 12.0 Å². The standard InChI is InChI=1S/C29H33N3O2S/c1-19(2)18-22-10-12-23(13-11-22)20(3)27(33)32-29(35)31-26-16-14-25(15-17-26)28(34)30-21(4)24-8-6-5-7-9-24/h5-17,19-21H,18H2,1-4H3,(H,30,34)(H2,31,32,33,35). The maximum absolute atomic E-state index is 12.7. The van der Waals surface area contributed by atoms with Gasteiger partial charge in [-0.2, -0.15) is 0 Å². The van der Waals surface area contributed by atoms with Crippen LogP contribution in [0, 0.1) is 5.92 Å². The van der Waals surface area contributed by atoms with E-state index in [9.17, 15) is 9.59 Å². The van der Waals surface area contributed by atoms with Crippen molar-refractivity contribution in [3.8, 4) is 0 Å². The first kappa shape index (κ1) is 26.1. The summed E-state index contributed by atoms with van der Waals surface area (Å²) in [5.74, 6) is -0.0751. The summed E-state index contributed by atoms with van der Waals surface area (Å²) in [6, 6.07) is 24.8. The fourth-order valence-corrected chi connectivity index (χ4v) is 3.98. The molecule has 2 unspecified atom stereocenters. The number of carbonyl (C=O) groups is 2. The highest BCUT2D eigenvalue weighted by Crippen LogP contribution is 2.18. The van der Waals surface area contributed by atoms with E-state index in [1.165, 1.54) is 5.56 Å². The second kappa shape index (κ2) is 12.3. The second-order valence-corrected chi connectivity index (χ2v) is 9.60. The summed E-state index contributed by atoms with van der Waals surface area (Å²) < 4.78 is 0. The fraction of sp³-hybridized carbons (Fsp3) is 0.276. The lowest BCUT2D eigenvalue weighted by Crippen LogP contribution is -2.36. The van der Waals surface area contributed by atoms with E-state index in [2.05, 4.69) is 41.9 Å². The van der Waals surface area contributed by atoms with Crippen molar-refractivity contribution in [2.75, 3.05) is 5.32 Å². The minimum Gasteiger partial charge on any atom is -0.346 e. The lowest BCUT2D eigenvalue weighted by molar-refractivity contribution is -0.120. The van der Waals surface area contributed by atoms with Crippen LogP contribution in [0.15, 0.2) is 78.9 Å². The topological polar surface area (TPSA) is 70.2 Å². The molecule has 3 aromatic carbocycles. The number of nitrogens with one attached hydrogen (secondary N) is 3. The van der Waals surface area contributed by atoms with Gasteiger partial charge in [0.1, 0.15) is 0 Å². The normalized spacial score (nSPS) is 12.5. The van der Waals surface area contributed by atoms with Gasteiger partial charge in [0.15, 0.2) is 5.11 Å². The molecule has 3 N–H and O–H groups in total. The number of thiocarbonyl (C=S) groups is 1. The van der Waals surface area contributed by atoms with Crippen molar-refractivity contribution in [3.63, 3.8) is 0 Å². The molecule has 3 rings (SSSR count). The average molecular weight is 488 g/mol. The summed E-state index contributed by atoms with van der Waals surface area (Å²) in [5, 5.41) is 8.98. The molecule has 2 amide bonds. The summed E-state index contributed by atoms with van der Waals surface area (Å²) in [7, 11) is 0. The van der Waals surface area contributed by atoms with Gasteiger partial charge in [-0.15, -0.1) is 0 Å². The zero-order chi connectivity index (χ0) is 25.4. The van der Waals surface area contributed by atoms with E-state index in [0.29, 0.717) is 17.2 Å². The SMILES string of the molecule is CC(C)Cc1ccc(C(C)C(=O)NC(=S)Nc2ccc(C(=O)NC(C)c3ccccc3)cc2)cc1. The highest BCUT2D eigenvalue weighted by atomic mass is 32.1. The summed E-state index contributed by atoms with van der Waals surface area (Å²) in [5.41, 5.74) is 4.48. The van der Waals surface area contributed by atoms with Crippen molar-refractivity contribution in [3.05, 3.63) is 101 Å². The summed E-state index contributed by atoms with van der Waals surface area (Å²) in [6.07, 6.45) is 1.02. The maximum Gasteiger partial charge on any atom is 0.251 e. The van der Waals surface area contributed by atoms with Crippen LogP contribution in [0.4, 0.5) is 5.69 Å². The van der Waals surface area contributed by atoms with Crippen molar-refractivity contribution >= 4 is 34.8 Å². The number of carbonyl (C=O) groups excluding carboxylic acids is 2. The minimum atomic E-state index is -0.333. The van der Waals surface area contributed by atoms with Crippen molar-refractivity contribution in [1.29, 1.82) is 0 Å². The molecule has 3 aromatic rings. The van der Waals surface area contributed by atoms with Crippen LogP contribution in [0.2, 0.25) is 0 Å². The van der Waals surface area contributed by atoms with Gasteiger partial charge in [0, 0.05) is 11.3 Å². The Bertz CT molecular complexity index is 1140. The number of rotatable bonds is 8. The largest absolute Gasteiger partial charge is 0.346 e. The van der Waals surface area contributed by atoms with Gasteiger partial charge in [0.2, 0.25) is 5.91 Å².